The summed E-state index contributed by atoms with van der Waals surface area (Å²) in [6.45, 7) is 9.22. The molecule has 0 radical (unpaired) electrons. The van der Waals surface area contributed by atoms with Gasteiger partial charge < -0.3 is 4.79 Å². The minimum absolute atomic E-state index is 0.167. The number of hydrogen-bond acceptors (Lipinski definition) is 1. The maximum absolute atomic E-state index is 9.44. The summed E-state index contributed by atoms with van der Waals surface area (Å²) in [7, 11) is 0. The summed E-state index contributed by atoms with van der Waals surface area (Å²) in [5.41, 5.74) is 4.56. The molecule has 90 valence electrons. The predicted octanol–water partition coefficient (Wildman–Crippen LogP) is 4.11. The molecule has 0 spiro atoms. The lowest BCUT2D eigenvalue weighted by Gasteiger charge is -1.98. The lowest BCUT2D eigenvalue weighted by atomic mass is 10.1. The Hall–Kier alpha value is -1.11. The van der Waals surface area contributed by atoms with Gasteiger partial charge >= 0.3 is 0 Å². The second kappa shape index (κ2) is 8.09. The van der Waals surface area contributed by atoms with Crippen molar-refractivity contribution in [2.45, 2.75) is 53.9 Å². The molecule has 0 aromatic heterocycles. The van der Waals surface area contributed by atoms with Crippen molar-refractivity contribution in [1.82, 2.24) is 0 Å². The fourth-order valence-electron chi connectivity index (χ4n) is 1.70. The second-order valence-electron chi connectivity index (χ2n) is 4.03. The van der Waals surface area contributed by atoms with Gasteiger partial charge in [-0.2, -0.15) is 0 Å². The lowest BCUT2D eigenvalue weighted by Crippen LogP contribution is -1.81. The standard InChI is InChI=1S/C10H12.C3H6O.C2H6/c1-8-5-6-9-3-2-4-10(9)7-8;1-3(2)4;1-2/h5-7H,2-4H2,1H3;1-2H3;1-2H3. The second-order valence-corrected chi connectivity index (χ2v) is 4.03. The number of fused-ring (bicyclic) bond motifs is 1. The first-order valence-corrected chi connectivity index (χ1v) is 6.15. The van der Waals surface area contributed by atoms with Crippen molar-refractivity contribution in [3.63, 3.8) is 0 Å². The summed E-state index contributed by atoms with van der Waals surface area (Å²) in [6.07, 6.45) is 3.96. The maximum atomic E-state index is 9.44. The van der Waals surface area contributed by atoms with Gasteiger partial charge in [0.2, 0.25) is 0 Å². The van der Waals surface area contributed by atoms with Crippen LogP contribution in [-0.2, 0) is 17.6 Å². The van der Waals surface area contributed by atoms with Gasteiger partial charge in [0.1, 0.15) is 5.78 Å². The molecule has 0 N–H and O–H groups in total. The summed E-state index contributed by atoms with van der Waals surface area (Å²) in [4.78, 5) is 9.44. The van der Waals surface area contributed by atoms with Gasteiger partial charge in [-0.3, -0.25) is 0 Å². The van der Waals surface area contributed by atoms with E-state index in [-0.39, 0.29) is 5.78 Å². The highest BCUT2D eigenvalue weighted by Crippen LogP contribution is 2.22. The van der Waals surface area contributed by atoms with Crippen LogP contribution in [0.2, 0.25) is 0 Å². The van der Waals surface area contributed by atoms with Crippen LogP contribution in [0.25, 0.3) is 0 Å². The van der Waals surface area contributed by atoms with E-state index in [0.717, 1.165) is 0 Å². The molecular formula is C15H24O. The largest absolute Gasteiger partial charge is 0.300 e. The molecule has 1 aromatic carbocycles. The van der Waals surface area contributed by atoms with E-state index < -0.39 is 0 Å². The van der Waals surface area contributed by atoms with Gasteiger partial charge in [-0.25, -0.2) is 0 Å². The fraction of sp³-hybridized carbons (Fsp3) is 0.533. The molecule has 1 aromatic rings. The average Bonchev–Trinajstić information content (AvgIpc) is 2.67. The molecule has 1 aliphatic rings. The molecule has 2 rings (SSSR count). The molecule has 0 atom stereocenters. The Bertz CT molecular complexity index is 322. The molecule has 1 heteroatoms. The van der Waals surface area contributed by atoms with Gasteiger partial charge in [0.25, 0.3) is 0 Å². The summed E-state index contributed by atoms with van der Waals surface area (Å²) in [5.74, 6) is 0.167. The summed E-state index contributed by atoms with van der Waals surface area (Å²) >= 11 is 0. The quantitative estimate of drug-likeness (QED) is 0.643. The molecule has 0 bridgehead atoms. The molecule has 0 saturated heterocycles. The van der Waals surface area contributed by atoms with Crippen LogP contribution in [0.4, 0.5) is 0 Å². The monoisotopic (exact) mass is 220 g/mol. The summed E-state index contributed by atoms with van der Waals surface area (Å²) in [5, 5.41) is 0. The first-order valence-electron chi connectivity index (χ1n) is 6.15. The van der Waals surface area contributed by atoms with Crippen molar-refractivity contribution >= 4 is 5.78 Å². The number of carbonyl (C=O) groups excluding carboxylic acids is 1. The van der Waals surface area contributed by atoms with Crippen molar-refractivity contribution in [2.24, 2.45) is 0 Å². The highest BCUT2D eigenvalue weighted by atomic mass is 16.1. The van der Waals surface area contributed by atoms with Crippen molar-refractivity contribution < 1.29 is 4.79 Å². The number of carbonyl (C=O) groups is 1. The Morgan fingerprint density at radius 3 is 2.12 bits per heavy atom. The average molecular weight is 220 g/mol. The van der Waals surface area contributed by atoms with E-state index in [9.17, 15) is 4.79 Å². The van der Waals surface area contributed by atoms with E-state index in [0.29, 0.717) is 0 Å². The van der Waals surface area contributed by atoms with Gasteiger partial charge in [0.05, 0.1) is 0 Å². The minimum atomic E-state index is 0.167. The van der Waals surface area contributed by atoms with Crippen LogP contribution in [0.15, 0.2) is 18.2 Å². The van der Waals surface area contributed by atoms with Crippen molar-refractivity contribution in [3.8, 4) is 0 Å². The number of rotatable bonds is 0. The molecule has 0 amide bonds. The Labute approximate surface area is 99.9 Å². The zero-order valence-corrected chi connectivity index (χ0v) is 11.3. The van der Waals surface area contributed by atoms with Gasteiger partial charge in [0.15, 0.2) is 0 Å². The third-order valence-electron chi connectivity index (χ3n) is 2.25. The van der Waals surface area contributed by atoms with Crippen LogP contribution >= 0.6 is 0 Å². The van der Waals surface area contributed by atoms with E-state index in [1.807, 2.05) is 13.8 Å². The number of Topliss-reactive ketones (excluding diaryl/α,β-unsaturated/α-hetero) is 1. The maximum Gasteiger partial charge on any atom is 0.126 e. The number of benzene rings is 1. The first-order chi connectivity index (χ1) is 7.59. The molecule has 1 nitrogen and oxygen atoms in total. The summed E-state index contributed by atoms with van der Waals surface area (Å²) in [6, 6.07) is 6.81. The van der Waals surface area contributed by atoms with Gasteiger partial charge in [-0.15, -0.1) is 0 Å². The SMILES string of the molecule is CC.CC(C)=O.Cc1ccc2c(c1)CCC2. The van der Waals surface area contributed by atoms with Crippen LogP contribution in [0.5, 0.6) is 0 Å². The number of aryl methyl sites for hydroxylation is 3. The van der Waals surface area contributed by atoms with E-state index in [1.165, 1.54) is 38.7 Å². The van der Waals surface area contributed by atoms with Crippen molar-refractivity contribution in [2.75, 3.05) is 0 Å². The Morgan fingerprint density at radius 2 is 1.56 bits per heavy atom. The Balaban J connectivity index is 0.000000323. The molecule has 16 heavy (non-hydrogen) atoms. The third kappa shape index (κ3) is 5.69. The number of hydrogen-bond donors (Lipinski definition) is 0. The highest BCUT2D eigenvalue weighted by Gasteiger charge is 2.08. The van der Waals surface area contributed by atoms with Crippen molar-refractivity contribution in [1.29, 1.82) is 0 Å². The zero-order chi connectivity index (χ0) is 12.6. The van der Waals surface area contributed by atoms with E-state index in [2.05, 4.69) is 25.1 Å². The Morgan fingerprint density at radius 1 is 1.06 bits per heavy atom. The summed E-state index contributed by atoms with van der Waals surface area (Å²) < 4.78 is 0. The molecule has 0 fully saturated rings. The van der Waals surface area contributed by atoms with E-state index in [1.54, 1.807) is 11.1 Å². The minimum Gasteiger partial charge on any atom is -0.300 e. The van der Waals surface area contributed by atoms with Crippen molar-refractivity contribution in [3.05, 3.63) is 34.9 Å². The van der Waals surface area contributed by atoms with E-state index in [4.69, 9.17) is 0 Å². The number of ketones is 1. The van der Waals surface area contributed by atoms with Crippen LogP contribution < -0.4 is 0 Å². The fourth-order valence-corrected chi connectivity index (χ4v) is 1.70. The highest BCUT2D eigenvalue weighted by molar-refractivity contribution is 5.72. The topological polar surface area (TPSA) is 17.1 Å². The molecule has 1 aliphatic carbocycles. The smallest absolute Gasteiger partial charge is 0.126 e. The molecule has 0 saturated carbocycles. The van der Waals surface area contributed by atoms with E-state index >= 15 is 0 Å². The molecule has 0 heterocycles. The molecule has 0 unspecified atom stereocenters. The van der Waals surface area contributed by atoms with Gasteiger partial charge in [-0.1, -0.05) is 37.6 Å². The molecular weight excluding hydrogens is 196 g/mol. The zero-order valence-electron chi connectivity index (χ0n) is 11.3. The van der Waals surface area contributed by atoms with Gasteiger partial charge in [0, 0.05) is 0 Å². The van der Waals surface area contributed by atoms with Crippen LogP contribution in [0, 0.1) is 6.92 Å². The first kappa shape index (κ1) is 14.9. The Kier molecular flexibility index (Phi) is 7.53. The van der Waals surface area contributed by atoms with Crippen LogP contribution in [0.3, 0.4) is 0 Å². The van der Waals surface area contributed by atoms with Crippen LogP contribution in [0.1, 0.15) is 50.8 Å². The van der Waals surface area contributed by atoms with Crippen LogP contribution in [-0.4, -0.2) is 5.78 Å². The third-order valence-corrected chi connectivity index (χ3v) is 2.25. The predicted molar refractivity (Wildman–Crippen MR) is 70.9 cm³/mol. The normalized spacial score (nSPS) is 11.6. The molecule has 0 aliphatic heterocycles. The van der Waals surface area contributed by atoms with Gasteiger partial charge in [-0.05, 0) is 51.2 Å². The lowest BCUT2D eigenvalue weighted by molar-refractivity contribution is -0.114.